The molecule has 1 nitrogen and oxygen atoms in total. The maximum Gasteiger partial charge on any atom is 0.124 e. The molecule has 0 aromatic rings. The summed E-state index contributed by atoms with van der Waals surface area (Å²) in [5.74, 6) is 3.38. The third-order valence-electron chi connectivity index (χ3n) is 2.32. The molecule has 0 N–H and O–H groups in total. The van der Waals surface area contributed by atoms with E-state index in [0.29, 0.717) is 11.8 Å². The molecule has 2 saturated carbocycles. The van der Waals surface area contributed by atoms with Crippen LogP contribution in [-0.4, -0.2) is 5.94 Å². The fourth-order valence-corrected chi connectivity index (χ4v) is 1.80. The number of allylic oxidation sites excluding steroid dienone is 1. The third kappa shape index (κ3) is 0.354. The molecule has 2 rings (SSSR count). The predicted octanol–water partition coefficient (Wildman–Crippen LogP) is 1.17. The fourth-order valence-electron chi connectivity index (χ4n) is 1.80. The van der Waals surface area contributed by atoms with Crippen LogP contribution in [0.3, 0.4) is 0 Å². The lowest BCUT2D eigenvalue weighted by Crippen LogP contribution is -1.71. The van der Waals surface area contributed by atoms with Crippen molar-refractivity contribution < 1.29 is 4.79 Å². The molecule has 2 atom stereocenters. The molecular formula is C7H8O. The van der Waals surface area contributed by atoms with Gasteiger partial charge in [0.1, 0.15) is 5.94 Å². The summed E-state index contributed by atoms with van der Waals surface area (Å²) < 4.78 is 0. The zero-order valence-electron chi connectivity index (χ0n) is 4.68. The number of hydrogen-bond acceptors (Lipinski definition) is 1. The largest absolute Gasteiger partial charge is 0.234 e. The van der Waals surface area contributed by atoms with Crippen LogP contribution in [0.25, 0.3) is 0 Å². The quantitative estimate of drug-likeness (QED) is 0.426. The average molecular weight is 108 g/mol. The van der Waals surface area contributed by atoms with Crippen molar-refractivity contribution in [1.29, 1.82) is 0 Å². The summed E-state index contributed by atoms with van der Waals surface area (Å²) in [6.45, 7) is 0. The molecule has 0 aliphatic heterocycles. The van der Waals surface area contributed by atoms with Gasteiger partial charge >= 0.3 is 0 Å². The molecule has 0 aromatic heterocycles. The van der Waals surface area contributed by atoms with Gasteiger partial charge in [0.2, 0.25) is 0 Å². The van der Waals surface area contributed by atoms with Crippen LogP contribution in [0.4, 0.5) is 0 Å². The van der Waals surface area contributed by atoms with Gasteiger partial charge in [-0.2, -0.15) is 0 Å². The van der Waals surface area contributed by atoms with Crippen LogP contribution in [0.2, 0.25) is 0 Å². The second kappa shape index (κ2) is 1.24. The minimum absolute atomic E-state index is 0.687. The zero-order chi connectivity index (χ0) is 5.56. The average Bonchev–Trinajstić information content (AvgIpc) is 2.22. The Kier molecular flexibility index (Phi) is 0.671. The van der Waals surface area contributed by atoms with E-state index in [2.05, 4.69) is 0 Å². The molecule has 2 aliphatic rings. The zero-order valence-corrected chi connectivity index (χ0v) is 4.68. The molecule has 0 radical (unpaired) electrons. The highest BCUT2D eigenvalue weighted by Gasteiger charge is 2.48. The highest BCUT2D eigenvalue weighted by atomic mass is 16.1. The number of rotatable bonds is 0. The van der Waals surface area contributed by atoms with Gasteiger partial charge in [0.05, 0.1) is 0 Å². The Hall–Kier alpha value is -0.550. The predicted molar refractivity (Wildman–Crippen MR) is 30.0 cm³/mol. The highest BCUT2D eigenvalue weighted by molar-refractivity contribution is 5.62. The molecule has 8 heavy (non-hydrogen) atoms. The minimum Gasteiger partial charge on any atom is -0.234 e. The Labute approximate surface area is 48.4 Å². The van der Waals surface area contributed by atoms with Crippen molar-refractivity contribution >= 4 is 5.94 Å². The van der Waals surface area contributed by atoms with E-state index in [1.165, 1.54) is 19.3 Å². The second-order valence-corrected chi connectivity index (χ2v) is 2.70. The van der Waals surface area contributed by atoms with Crippen molar-refractivity contribution in [2.45, 2.75) is 19.3 Å². The van der Waals surface area contributed by atoms with E-state index in [1.54, 1.807) is 0 Å². The van der Waals surface area contributed by atoms with Crippen molar-refractivity contribution in [2.24, 2.45) is 11.8 Å². The van der Waals surface area contributed by atoms with Crippen LogP contribution < -0.4 is 0 Å². The standard InChI is InChI=1S/C7H8O/c8-4-7-5-2-1-3-6(5)7/h5-6H,1-3H2. The summed E-state index contributed by atoms with van der Waals surface area (Å²) in [6, 6.07) is 0. The van der Waals surface area contributed by atoms with E-state index in [9.17, 15) is 4.79 Å². The first-order chi connectivity index (χ1) is 3.93. The molecular weight excluding hydrogens is 100 g/mol. The van der Waals surface area contributed by atoms with Crippen molar-refractivity contribution in [3.8, 4) is 0 Å². The van der Waals surface area contributed by atoms with Crippen LogP contribution in [0.1, 0.15) is 19.3 Å². The van der Waals surface area contributed by atoms with E-state index in [1.807, 2.05) is 5.94 Å². The topological polar surface area (TPSA) is 17.1 Å². The lowest BCUT2D eigenvalue weighted by molar-refractivity contribution is 0.567. The smallest absolute Gasteiger partial charge is 0.124 e. The maximum atomic E-state index is 10.0. The molecule has 0 spiro atoms. The van der Waals surface area contributed by atoms with Gasteiger partial charge in [0, 0.05) is 5.57 Å². The van der Waals surface area contributed by atoms with Crippen molar-refractivity contribution in [2.75, 3.05) is 0 Å². The Morgan fingerprint density at radius 3 is 2.38 bits per heavy atom. The first-order valence-electron chi connectivity index (χ1n) is 3.18. The summed E-state index contributed by atoms with van der Waals surface area (Å²) in [7, 11) is 0. The number of fused-ring (bicyclic) bond motifs is 1. The van der Waals surface area contributed by atoms with E-state index >= 15 is 0 Å². The molecule has 1 heteroatoms. The third-order valence-corrected chi connectivity index (χ3v) is 2.32. The Morgan fingerprint density at radius 1 is 1.38 bits per heavy atom. The van der Waals surface area contributed by atoms with Gasteiger partial charge in [0.25, 0.3) is 0 Å². The van der Waals surface area contributed by atoms with Crippen LogP contribution in [0.15, 0.2) is 5.57 Å². The number of carbonyl (C=O) groups excluding carboxylic acids is 1. The molecule has 0 amide bonds. The van der Waals surface area contributed by atoms with Gasteiger partial charge in [-0.05, 0) is 24.7 Å². The molecule has 2 fully saturated rings. The summed E-state index contributed by atoms with van der Waals surface area (Å²) in [4.78, 5) is 10.0. The maximum absolute atomic E-state index is 10.0. The first kappa shape index (κ1) is 4.34. The Bertz CT molecular complexity index is 153. The summed E-state index contributed by atoms with van der Waals surface area (Å²) in [6.07, 6.45) is 3.85. The van der Waals surface area contributed by atoms with Gasteiger partial charge in [-0.15, -0.1) is 0 Å². The second-order valence-electron chi connectivity index (χ2n) is 2.70. The highest BCUT2D eigenvalue weighted by Crippen LogP contribution is 2.55. The monoisotopic (exact) mass is 108 g/mol. The van der Waals surface area contributed by atoms with Crippen LogP contribution in [-0.2, 0) is 4.79 Å². The van der Waals surface area contributed by atoms with E-state index < -0.39 is 0 Å². The molecule has 42 valence electrons. The minimum atomic E-state index is 0.687. The Balaban J connectivity index is 2.24. The normalized spacial score (nSPS) is 41.2. The van der Waals surface area contributed by atoms with Gasteiger partial charge < -0.3 is 0 Å². The Morgan fingerprint density at radius 2 is 2.00 bits per heavy atom. The van der Waals surface area contributed by atoms with Gasteiger partial charge in [-0.1, -0.05) is 6.42 Å². The SMILES string of the molecule is O=C=C1C2CCCC12. The molecule has 2 aliphatic carbocycles. The van der Waals surface area contributed by atoms with E-state index in [0.717, 1.165) is 5.57 Å². The summed E-state index contributed by atoms with van der Waals surface area (Å²) >= 11 is 0. The van der Waals surface area contributed by atoms with Gasteiger partial charge in [-0.25, -0.2) is 4.79 Å². The van der Waals surface area contributed by atoms with Gasteiger partial charge in [-0.3, -0.25) is 0 Å². The molecule has 0 bridgehead atoms. The van der Waals surface area contributed by atoms with Crippen LogP contribution in [0.5, 0.6) is 0 Å². The van der Waals surface area contributed by atoms with Gasteiger partial charge in [0.15, 0.2) is 0 Å². The van der Waals surface area contributed by atoms with Crippen molar-refractivity contribution in [3.63, 3.8) is 0 Å². The first-order valence-corrected chi connectivity index (χ1v) is 3.18. The van der Waals surface area contributed by atoms with Crippen LogP contribution in [0, 0.1) is 11.8 Å². The lowest BCUT2D eigenvalue weighted by atomic mass is 10.2. The number of hydrogen-bond donors (Lipinski definition) is 0. The fraction of sp³-hybridized carbons (Fsp3) is 0.714. The van der Waals surface area contributed by atoms with E-state index in [4.69, 9.17) is 0 Å². The molecule has 0 heterocycles. The lowest BCUT2D eigenvalue weighted by Gasteiger charge is -1.83. The molecule has 0 aromatic carbocycles. The molecule has 2 unspecified atom stereocenters. The van der Waals surface area contributed by atoms with Crippen molar-refractivity contribution in [3.05, 3.63) is 5.57 Å². The summed E-state index contributed by atoms with van der Waals surface area (Å²) in [5, 5.41) is 0. The van der Waals surface area contributed by atoms with Crippen LogP contribution >= 0.6 is 0 Å². The van der Waals surface area contributed by atoms with E-state index in [-0.39, 0.29) is 0 Å². The molecule has 0 saturated heterocycles. The summed E-state index contributed by atoms with van der Waals surface area (Å²) in [5.41, 5.74) is 1.08. The van der Waals surface area contributed by atoms with Crippen molar-refractivity contribution in [1.82, 2.24) is 0 Å².